The molecule has 2 aromatic heterocycles. The highest BCUT2D eigenvalue weighted by Crippen LogP contribution is 2.41. The highest BCUT2D eigenvalue weighted by molar-refractivity contribution is 5.71. The molecule has 0 amide bonds. The summed E-state index contributed by atoms with van der Waals surface area (Å²) in [6.45, 7) is 5.11. The first-order chi connectivity index (χ1) is 19.1. The summed E-state index contributed by atoms with van der Waals surface area (Å²) >= 11 is 0. The van der Waals surface area contributed by atoms with Gasteiger partial charge >= 0.3 is 5.97 Å². The average molecular weight is 531 g/mol. The van der Waals surface area contributed by atoms with Crippen LogP contribution in [0.4, 0.5) is 4.39 Å². The number of aromatic nitrogens is 2. The van der Waals surface area contributed by atoms with Crippen molar-refractivity contribution in [3.63, 3.8) is 0 Å². The van der Waals surface area contributed by atoms with Crippen molar-refractivity contribution in [2.45, 2.75) is 57.7 Å². The second-order valence-electron chi connectivity index (χ2n) is 9.51. The number of ether oxygens (including phenoxy) is 4. The smallest absolute Gasteiger partial charge is 0.307 e. The van der Waals surface area contributed by atoms with Crippen LogP contribution in [0.5, 0.6) is 11.8 Å². The summed E-state index contributed by atoms with van der Waals surface area (Å²) in [5.74, 6) is 5.93. The van der Waals surface area contributed by atoms with Gasteiger partial charge in [0.15, 0.2) is 0 Å². The monoisotopic (exact) mass is 530 g/mol. The van der Waals surface area contributed by atoms with Crippen LogP contribution in [-0.2, 0) is 20.7 Å². The van der Waals surface area contributed by atoms with Crippen molar-refractivity contribution in [3.8, 4) is 34.7 Å². The first kappa shape index (κ1) is 26.6. The lowest BCUT2D eigenvalue weighted by atomic mass is 9.97. The van der Waals surface area contributed by atoms with Gasteiger partial charge in [-0.05, 0) is 55.5 Å². The Morgan fingerprint density at radius 2 is 1.92 bits per heavy atom. The molecule has 2 aliphatic rings. The molecule has 1 aliphatic heterocycles. The number of hydrogen-bond donors (Lipinski definition) is 0. The molecule has 2 unspecified atom stereocenters. The number of carbonyl (C=O) groups is 1. The number of pyridine rings is 2. The van der Waals surface area contributed by atoms with Gasteiger partial charge in [0, 0.05) is 42.1 Å². The highest BCUT2D eigenvalue weighted by Gasteiger charge is 2.31. The molecular weight excluding hydrogens is 499 g/mol. The van der Waals surface area contributed by atoms with Gasteiger partial charge in [-0.1, -0.05) is 18.1 Å². The molecule has 7 nitrogen and oxygen atoms in total. The van der Waals surface area contributed by atoms with Crippen molar-refractivity contribution in [1.82, 2.24) is 9.97 Å². The molecule has 202 valence electrons. The third kappa shape index (κ3) is 6.21. The van der Waals surface area contributed by atoms with Crippen molar-refractivity contribution in [2.75, 3.05) is 19.8 Å². The van der Waals surface area contributed by atoms with Gasteiger partial charge in [0.25, 0.3) is 0 Å². The first-order valence-corrected chi connectivity index (χ1v) is 13.3. The fraction of sp³-hybridized carbons (Fsp3) is 0.387. The van der Waals surface area contributed by atoms with Gasteiger partial charge < -0.3 is 18.9 Å². The molecular formula is C31H31FN2O5. The van der Waals surface area contributed by atoms with E-state index in [4.69, 9.17) is 18.9 Å². The number of carbonyl (C=O) groups excluding carboxylic acids is 1. The van der Waals surface area contributed by atoms with Gasteiger partial charge in [-0.3, -0.25) is 4.79 Å². The van der Waals surface area contributed by atoms with Crippen LogP contribution in [0.2, 0.25) is 0 Å². The molecule has 1 aromatic carbocycles. The zero-order chi connectivity index (χ0) is 27.2. The van der Waals surface area contributed by atoms with Crippen LogP contribution in [0.1, 0.15) is 61.8 Å². The Labute approximate surface area is 227 Å². The van der Waals surface area contributed by atoms with Crippen LogP contribution in [0.3, 0.4) is 0 Å². The quantitative estimate of drug-likeness (QED) is 0.264. The molecule has 0 N–H and O–H groups in total. The summed E-state index contributed by atoms with van der Waals surface area (Å²) < 4.78 is 37.5. The molecule has 3 heterocycles. The number of halogens is 1. The summed E-state index contributed by atoms with van der Waals surface area (Å²) in [5.41, 5.74) is 4.10. The van der Waals surface area contributed by atoms with Crippen LogP contribution in [0.25, 0.3) is 11.1 Å². The second-order valence-corrected chi connectivity index (χ2v) is 9.51. The van der Waals surface area contributed by atoms with Crippen LogP contribution in [-0.4, -0.2) is 41.9 Å². The van der Waals surface area contributed by atoms with Crippen molar-refractivity contribution < 1.29 is 28.1 Å². The molecule has 3 atom stereocenters. The maximum absolute atomic E-state index is 15.1. The minimum atomic E-state index is -0.456. The van der Waals surface area contributed by atoms with Crippen LogP contribution in [0.15, 0.2) is 48.8 Å². The van der Waals surface area contributed by atoms with E-state index in [1.54, 1.807) is 38.4 Å². The van der Waals surface area contributed by atoms with Gasteiger partial charge in [0.1, 0.15) is 18.0 Å². The van der Waals surface area contributed by atoms with Crippen molar-refractivity contribution in [3.05, 3.63) is 71.3 Å². The summed E-state index contributed by atoms with van der Waals surface area (Å²) in [4.78, 5) is 20.9. The third-order valence-corrected chi connectivity index (χ3v) is 6.92. The standard InChI is InChI=1S/C31H31FN2O5/c1-3-5-20(16-30(35)37-4-2)21-6-12-29(33-17-21)39-27-11-9-25-24(8-10-26(32)31(25)27)22-7-13-28(34-18-22)38-23-14-15-36-19-23/h6-8,10,12-13,17-18,20,23,27H,4,9,11,14-16,19H2,1-2H3/t20?,23?,27-/m1/s1. The maximum atomic E-state index is 15.1. The number of benzene rings is 1. The fourth-order valence-corrected chi connectivity index (χ4v) is 5.07. The second kappa shape index (κ2) is 12.3. The van der Waals surface area contributed by atoms with Crippen LogP contribution in [0, 0.1) is 17.7 Å². The minimum absolute atomic E-state index is 0.0297. The lowest BCUT2D eigenvalue weighted by Crippen LogP contribution is -2.16. The van der Waals surface area contributed by atoms with Crippen molar-refractivity contribution in [1.29, 1.82) is 0 Å². The topological polar surface area (TPSA) is 79.8 Å². The van der Waals surface area contributed by atoms with E-state index >= 15 is 4.39 Å². The number of rotatable bonds is 9. The molecule has 0 saturated carbocycles. The number of esters is 1. The average Bonchev–Trinajstić information content (AvgIpc) is 3.61. The van der Waals surface area contributed by atoms with E-state index in [0.29, 0.717) is 50.0 Å². The molecule has 1 aliphatic carbocycles. The predicted octanol–water partition coefficient (Wildman–Crippen LogP) is 5.58. The molecule has 1 saturated heterocycles. The van der Waals surface area contributed by atoms with Crippen LogP contribution < -0.4 is 9.47 Å². The molecule has 1 fully saturated rings. The lowest BCUT2D eigenvalue weighted by molar-refractivity contribution is -0.143. The first-order valence-electron chi connectivity index (χ1n) is 13.3. The molecule has 0 radical (unpaired) electrons. The molecule has 5 rings (SSSR count). The maximum Gasteiger partial charge on any atom is 0.307 e. The number of hydrogen-bond acceptors (Lipinski definition) is 7. The fourth-order valence-electron chi connectivity index (χ4n) is 5.07. The van der Waals surface area contributed by atoms with Gasteiger partial charge in [-0.15, -0.1) is 5.92 Å². The predicted molar refractivity (Wildman–Crippen MR) is 143 cm³/mol. The molecule has 3 aromatic rings. The van der Waals surface area contributed by atoms with E-state index in [2.05, 4.69) is 21.8 Å². The summed E-state index contributed by atoms with van der Waals surface area (Å²) in [7, 11) is 0. The van der Waals surface area contributed by atoms with E-state index in [0.717, 1.165) is 28.7 Å². The number of fused-ring (bicyclic) bond motifs is 1. The summed E-state index contributed by atoms with van der Waals surface area (Å²) in [5, 5.41) is 0. The third-order valence-electron chi connectivity index (χ3n) is 6.92. The Bertz CT molecular complexity index is 1360. The lowest BCUT2D eigenvalue weighted by Gasteiger charge is -2.17. The normalized spacial score (nSPS) is 18.5. The largest absolute Gasteiger partial charge is 0.472 e. The van der Waals surface area contributed by atoms with E-state index in [1.165, 1.54) is 6.07 Å². The van der Waals surface area contributed by atoms with Gasteiger partial charge in [0.2, 0.25) is 11.8 Å². The molecule has 39 heavy (non-hydrogen) atoms. The molecule has 0 bridgehead atoms. The zero-order valence-corrected chi connectivity index (χ0v) is 22.1. The Hall–Kier alpha value is -3.96. The van der Waals surface area contributed by atoms with Gasteiger partial charge in [-0.25, -0.2) is 14.4 Å². The van der Waals surface area contributed by atoms with E-state index in [1.807, 2.05) is 18.2 Å². The zero-order valence-electron chi connectivity index (χ0n) is 22.1. The Balaban J connectivity index is 1.30. The van der Waals surface area contributed by atoms with E-state index < -0.39 is 6.10 Å². The van der Waals surface area contributed by atoms with Crippen molar-refractivity contribution >= 4 is 5.97 Å². The Morgan fingerprint density at radius 1 is 1.10 bits per heavy atom. The summed E-state index contributed by atoms with van der Waals surface area (Å²) in [6.07, 6.45) is 5.31. The molecule has 8 heteroatoms. The summed E-state index contributed by atoms with van der Waals surface area (Å²) in [6, 6.07) is 10.7. The number of nitrogens with zero attached hydrogens (tertiary/aromatic N) is 2. The molecule has 0 spiro atoms. The minimum Gasteiger partial charge on any atom is -0.472 e. The van der Waals surface area contributed by atoms with Gasteiger partial charge in [0.05, 0.1) is 32.2 Å². The van der Waals surface area contributed by atoms with Gasteiger partial charge in [-0.2, -0.15) is 0 Å². The van der Waals surface area contributed by atoms with Crippen LogP contribution >= 0.6 is 0 Å². The van der Waals surface area contributed by atoms with E-state index in [9.17, 15) is 4.79 Å². The SMILES string of the molecule is CC#CC(CC(=O)OCC)c1ccc(O[C@@H]2CCc3c(-c4ccc(OC5CCOC5)nc4)ccc(F)c32)nc1. The van der Waals surface area contributed by atoms with Crippen molar-refractivity contribution in [2.24, 2.45) is 0 Å². The Kier molecular flexibility index (Phi) is 8.38. The Morgan fingerprint density at radius 3 is 2.62 bits per heavy atom. The van der Waals surface area contributed by atoms with E-state index in [-0.39, 0.29) is 30.2 Å². The highest BCUT2D eigenvalue weighted by atomic mass is 19.1.